The Morgan fingerprint density at radius 3 is 2.39 bits per heavy atom. The number of carbonyl (C=O) groups is 2. The van der Waals surface area contributed by atoms with Crippen molar-refractivity contribution in [2.75, 3.05) is 29.9 Å². The second kappa shape index (κ2) is 8.86. The van der Waals surface area contributed by atoms with Crippen molar-refractivity contribution < 1.29 is 18.0 Å². The summed E-state index contributed by atoms with van der Waals surface area (Å²) in [6, 6.07) is 10.8. The Bertz CT molecular complexity index is 1100. The summed E-state index contributed by atoms with van der Waals surface area (Å²) >= 11 is 6.37. The summed E-state index contributed by atoms with van der Waals surface area (Å²) in [5.74, 6) is -0.461. The van der Waals surface area contributed by atoms with E-state index in [0.717, 1.165) is 5.69 Å². The first kappa shape index (κ1) is 23.1. The molecule has 1 aliphatic heterocycles. The first-order valence-electron chi connectivity index (χ1n) is 9.71. The molecule has 1 heterocycles. The van der Waals surface area contributed by atoms with E-state index in [1.165, 1.54) is 24.3 Å². The minimum atomic E-state index is -3.68. The van der Waals surface area contributed by atoms with Gasteiger partial charge in [-0.25, -0.2) is 13.1 Å². The highest BCUT2D eigenvalue weighted by Gasteiger charge is 2.22. The van der Waals surface area contributed by atoms with Crippen molar-refractivity contribution >= 4 is 44.8 Å². The topological polar surface area (TPSA) is 108 Å². The number of nitrogens with one attached hydrogen (secondary N) is 3. The van der Waals surface area contributed by atoms with Crippen molar-refractivity contribution in [3.63, 3.8) is 0 Å². The van der Waals surface area contributed by atoms with Crippen LogP contribution in [0.4, 0.5) is 11.4 Å². The smallest absolute Gasteiger partial charge is 0.255 e. The van der Waals surface area contributed by atoms with E-state index in [-0.39, 0.29) is 17.3 Å². The standard InChI is InChI=1S/C21H25ClN4O4S/c1-21(2,3)25-31(29,30)16-7-4-14(5-8-16)20(28)24-15-6-9-18(17(22)12-15)26-11-10-23-19(27)13-26/h4-9,12,25H,10-11,13H2,1-3H3,(H,23,27)(H,24,28). The van der Waals surface area contributed by atoms with Gasteiger partial charge in [-0.2, -0.15) is 0 Å². The molecule has 0 atom stereocenters. The number of hydrogen-bond acceptors (Lipinski definition) is 5. The van der Waals surface area contributed by atoms with Gasteiger partial charge in [0, 0.05) is 29.9 Å². The van der Waals surface area contributed by atoms with Crippen LogP contribution in [0, 0.1) is 0 Å². The highest BCUT2D eigenvalue weighted by Crippen LogP contribution is 2.29. The van der Waals surface area contributed by atoms with E-state index in [1.807, 2.05) is 4.90 Å². The Kier molecular flexibility index (Phi) is 6.59. The van der Waals surface area contributed by atoms with E-state index in [2.05, 4.69) is 15.4 Å². The molecule has 0 radical (unpaired) electrons. The summed E-state index contributed by atoms with van der Waals surface area (Å²) in [6.07, 6.45) is 0. The molecule has 0 unspecified atom stereocenters. The first-order valence-corrected chi connectivity index (χ1v) is 11.6. The second-order valence-electron chi connectivity index (χ2n) is 8.27. The lowest BCUT2D eigenvalue weighted by Crippen LogP contribution is -2.47. The molecule has 1 fully saturated rings. The molecular formula is C21H25ClN4O4S. The van der Waals surface area contributed by atoms with Crippen LogP contribution in [0.25, 0.3) is 0 Å². The zero-order valence-corrected chi connectivity index (χ0v) is 19.1. The van der Waals surface area contributed by atoms with Gasteiger partial charge < -0.3 is 15.5 Å². The lowest BCUT2D eigenvalue weighted by molar-refractivity contribution is -0.120. The van der Waals surface area contributed by atoms with Crippen molar-refractivity contribution in [3.05, 3.63) is 53.1 Å². The minimum Gasteiger partial charge on any atom is -0.359 e. The molecular weight excluding hydrogens is 440 g/mol. The van der Waals surface area contributed by atoms with E-state index in [4.69, 9.17) is 11.6 Å². The van der Waals surface area contributed by atoms with Gasteiger partial charge in [0.15, 0.2) is 0 Å². The third-order valence-corrected chi connectivity index (χ3v) is 6.53. The Labute approximate surface area is 187 Å². The second-order valence-corrected chi connectivity index (χ2v) is 10.4. The average Bonchev–Trinajstić information content (AvgIpc) is 2.66. The van der Waals surface area contributed by atoms with Gasteiger partial charge in [0.25, 0.3) is 5.91 Å². The normalized spacial score (nSPS) is 14.8. The molecule has 2 aromatic carbocycles. The Balaban J connectivity index is 1.70. The van der Waals surface area contributed by atoms with Gasteiger partial charge in [-0.05, 0) is 63.2 Å². The third kappa shape index (κ3) is 5.96. The number of sulfonamides is 1. The Morgan fingerprint density at radius 1 is 1.13 bits per heavy atom. The van der Waals surface area contributed by atoms with Crippen molar-refractivity contribution in [1.29, 1.82) is 0 Å². The van der Waals surface area contributed by atoms with Gasteiger partial charge in [0.05, 0.1) is 22.2 Å². The maximum absolute atomic E-state index is 12.6. The molecule has 1 aliphatic rings. The maximum atomic E-state index is 12.6. The van der Waals surface area contributed by atoms with Crippen LogP contribution < -0.4 is 20.3 Å². The lowest BCUT2D eigenvalue weighted by atomic mass is 10.1. The van der Waals surface area contributed by atoms with Crippen LogP contribution in [0.1, 0.15) is 31.1 Å². The highest BCUT2D eigenvalue weighted by molar-refractivity contribution is 7.89. The molecule has 2 amide bonds. The third-order valence-electron chi connectivity index (χ3n) is 4.45. The minimum absolute atomic E-state index is 0.0668. The Hall–Kier alpha value is -2.62. The summed E-state index contributed by atoms with van der Waals surface area (Å²) in [5.41, 5.74) is 0.905. The van der Waals surface area contributed by atoms with Crippen LogP contribution in [0.15, 0.2) is 47.4 Å². The molecule has 0 saturated carbocycles. The molecule has 10 heteroatoms. The number of rotatable bonds is 5. The summed E-state index contributed by atoms with van der Waals surface area (Å²) in [4.78, 5) is 26.1. The fourth-order valence-electron chi connectivity index (χ4n) is 3.14. The van der Waals surface area contributed by atoms with Crippen LogP contribution in [-0.4, -0.2) is 45.4 Å². The number of benzene rings is 2. The average molecular weight is 465 g/mol. The van der Waals surface area contributed by atoms with E-state index in [0.29, 0.717) is 29.4 Å². The van der Waals surface area contributed by atoms with Gasteiger partial charge in [-0.3, -0.25) is 9.59 Å². The Morgan fingerprint density at radius 2 is 1.81 bits per heavy atom. The van der Waals surface area contributed by atoms with Crippen molar-refractivity contribution in [2.45, 2.75) is 31.2 Å². The number of piperazine rings is 1. The van der Waals surface area contributed by atoms with Crippen LogP contribution in [0.2, 0.25) is 5.02 Å². The van der Waals surface area contributed by atoms with Gasteiger partial charge in [0.2, 0.25) is 15.9 Å². The predicted octanol–water partition coefficient (Wildman–Crippen LogP) is 2.61. The zero-order chi connectivity index (χ0) is 22.8. The van der Waals surface area contributed by atoms with Gasteiger partial charge in [-0.15, -0.1) is 0 Å². The summed E-state index contributed by atoms with van der Waals surface area (Å²) < 4.78 is 27.3. The first-order chi connectivity index (χ1) is 14.4. The van der Waals surface area contributed by atoms with Crippen LogP contribution in [-0.2, 0) is 14.8 Å². The predicted molar refractivity (Wildman–Crippen MR) is 121 cm³/mol. The number of carbonyl (C=O) groups excluding carboxylic acids is 2. The maximum Gasteiger partial charge on any atom is 0.255 e. The molecule has 0 aliphatic carbocycles. The quantitative estimate of drug-likeness (QED) is 0.630. The van der Waals surface area contributed by atoms with E-state index >= 15 is 0 Å². The molecule has 0 bridgehead atoms. The lowest BCUT2D eigenvalue weighted by Gasteiger charge is -2.29. The van der Waals surface area contributed by atoms with Crippen molar-refractivity contribution in [3.8, 4) is 0 Å². The summed E-state index contributed by atoms with van der Waals surface area (Å²) in [6.45, 7) is 6.68. The largest absolute Gasteiger partial charge is 0.359 e. The molecule has 8 nitrogen and oxygen atoms in total. The van der Waals surface area contributed by atoms with Crippen molar-refractivity contribution in [1.82, 2.24) is 10.0 Å². The van der Waals surface area contributed by atoms with E-state index < -0.39 is 21.5 Å². The van der Waals surface area contributed by atoms with Crippen LogP contribution in [0.5, 0.6) is 0 Å². The van der Waals surface area contributed by atoms with E-state index in [9.17, 15) is 18.0 Å². The van der Waals surface area contributed by atoms with E-state index in [1.54, 1.807) is 39.0 Å². The number of hydrogen-bond donors (Lipinski definition) is 3. The number of nitrogens with zero attached hydrogens (tertiary/aromatic N) is 1. The van der Waals surface area contributed by atoms with Crippen molar-refractivity contribution in [2.24, 2.45) is 0 Å². The highest BCUT2D eigenvalue weighted by atomic mass is 35.5. The molecule has 31 heavy (non-hydrogen) atoms. The fraction of sp³-hybridized carbons (Fsp3) is 0.333. The summed E-state index contributed by atoms with van der Waals surface area (Å²) in [5, 5.41) is 5.93. The van der Waals surface area contributed by atoms with Gasteiger partial charge in [0.1, 0.15) is 0 Å². The molecule has 0 aromatic heterocycles. The van der Waals surface area contributed by atoms with Gasteiger partial charge in [-0.1, -0.05) is 11.6 Å². The molecule has 2 aromatic rings. The molecule has 3 rings (SSSR count). The SMILES string of the molecule is CC(C)(C)NS(=O)(=O)c1ccc(C(=O)Nc2ccc(N3CCNC(=O)C3)c(Cl)c2)cc1. The van der Waals surface area contributed by atoms with Gasteiger partial charge >= 0.3 is 0 Å². The molecule has 1 saturated heterocycles. The molecule has 166 valence electrons. The zero-order valence-electron chi connectivity index (χ0n) is 17.5. The summed E-state index contributed by atoms with van der Waals surface area (Å²) in [7, 11) is -3.68. The molecule has 3 N–H and O–H groups in total. The number of amides is 2. The monoisotopic (exact) mass is 464 g/mol. The number of anilines is 2. The molecule has 0 spiro atoms. The fourth-order valence-corrected chi connectivity index (χ4v) is 4.85. The van der Waals surface area contributed by atoms with Crippen LogP contribution in [0.3, 0.4) is 0 Å². The number of halogens is 1. The van der Waals surface area contributed by atoms with Crippen LogP contribution >= 0.6 is 11.6 Å².